The maximum absolute atomic E-state index is 9.91. The number of hydrogen-bond donors (Lipinski definition) is 2. The zero-order chi connectivity index (χ0) is 10.8. The first-order chi connectivity index (χ1) is 7.22. The Morgan fingerprint density at radius 3 is 2.87 bits per heavy atom. The van der Waals surface area contributed by atoms with Gasteiger partial charge in [0.25, 0.3) is 0 Å². The van der Waals surface area contributed by atoms with Crippen molar-refractivity contribution in [3.8, 4) is 0 Å². The third-order valence-corrected chi connectivity index (χ3v) is 3.58. The smallest absolute Gasteiger partial charge is 0.123 e. The van der Waals surface area contributed by atoms with Crippen molar-refractivity contribution in [1.82, 2.24) is 9.78 Å². The van der Waals surface area contributed by atoms with E-state index in [1.165, 1.54) is 0 Å². The quantitative estimate of drug-likeness (QED) is 0.754. The Balaban J connectivity index is 2.23. The summed E-state index contributed by atoms with van der Waals surface area (Å²) < 4.78 is 1.79. The Bertz CT molecular complexity index is 339. The molecule has 84 valence electrons. The SMILES string of the molecule is CSc1cc(N)n(C2CCCCC2O)n1. The van der Waals surface area contributed by atoms with Crippen LogP contribution in [0.5, 0.6) is 0 Å². The lowest BCUT2D eigenvalue weighted by molar-refractivity contribution is 0.0700. The topological polar surface area (TPSA) is 64.1 Å². The minimum Gasteiger partial charge on any atom is -0.391 e. The molecule has 15 heavy (non-hydrogen) atoms. The van der Waals surface area contributed by atoms with E-state index in [0.29, 0.717) is 5.82 Å². The van der Waals surface area contributed by atoms with E-state index in [0.717, 1.165) is 30.7 Å². The Labute approximate surface area is 93.8 Å². The number of nitrogen functional groups attached to an aromatic ring is 1. The van der Waals surface area contributed by atoms with Crippen molar-refractivity contribution < 1.29 is 5.11 Å². The molecule has 0 bridgehead atoms. The van der Waals surface area contributed by atoms with Crippen LogP contribution < -0.4 is 5.73 Å². The van der Waals surface area contributed by atoms with Gasteiger partial charge in [0.1, 0.15) is 10.8 Å². The second-order valence-corrected chi connectivity index (χ2v) is 4.80. The van der Waals surface area contributed by atoms with Crippen molar-refractivity contribution in [2.75, 3.05) is 12.0 Å². The number of aliphatic hydroxyl groups is 1. The Morgan fingerprint density at radius 1 is 1.53 bits per heavy atom. The van der Waals surface area contributed by atoms with E-state index < -0.39 is 0 Å². The summed E-state index contributed by atoms with van der Waals surface area (Å²) >= 11 is 1.58. The van der Waals surface area contributed by atoms with Crippen molar-refractivity contribution >= 4 is 17.6 Å². The number of aliphatic hydroxyl groups excluding tert-OH is 1. The number of aromatic nitrogens is 2. The molecule has 5 heteroatoms. The minimum atomic E-state index is -0.296. The summed E-state index contributed by atoms with van der Waals surface area (Å²) in [6.45, 7) is 0. The van der Waals surface area contributed by atoms with E-state index in [1.54, 1.807) is 16.4 Å². The molecule has 2 atom stereocenters. The van der Waals surface area contributed by atoms with Gasteiger partial charge < -0.3 is 10.8 Å². The van der Waals surface area contributed by atoms with Crippen molar-refractivity contribution in [1.29, 1.82) is 0 Å². The summed E-state index contributed by atoms with van der Waals surface area (Å²) in [6, 6.07) is 1.94. The largest absolute Gasteiger partial charge is 0.391 e. The molecule has 3 N–H and O–H groups in total. The molecule has 0 radical (unpaired) electrons. The molecule has 1 heterocycles. The van der Waals surface area contributed by atoms with Crippen LogP contribution in [-0.4, -0.2) is 27.2 Å². The zero-order valence-electron chi connectivity index (χ0n) is 8.89. The minimum absolute atomic E-state index is 0.0691. The van der Waals surface area contributed by atoms with Crippen LogP contribution in [0.4, 0.5) is 5.82 Å². The molecule has 1 aromatic rings. The molecular weight excluding hydrogens is 210 g/mol. The third kappa shape index (κ3) is 2.13. The molecular formula is C10H17N3OS. The van der Waals surface area contributed by atoms with Crippen LogP contribution in [0.15, 0.2) is 11.1 Å². The summed E-state index contributed by atoms with van der Waals surface area (Å²) in [6.07, 6.45) is 5.77. The number of hydrogen-bond acceptors (Lipinski definition) is 4. The Morgan fingerprint density at radius 2 is 2.27 bits per heavy atom. The monoisotopic (exact) mass is 227 g/mol. The van der Waals surface area contributed by atoms with E-state index in [2.05, 4.69) is 5.10 Å². The van der Waals surface area contributed by atoms with Crippen molar-refractivity contribution in [3.63, 3.8) is 0 Å². The fourth-order valence-electron chi connectivity index (χ4n) is 2.13. The number of rotatable bonds is 2. The van der Waals surface area contributed by atoms with Crippen molar-refractivity contribution in [2.24, 2.45) is 0 Å². The maximum Gasteiger partial charge on any atom is 0.123 e. The summed E-state index contributed by atoms with van der Waals surface area (Å²) in [4.78, 5) is 0. The van der Waals surface area contributed by atoms with E-state index >= 15 is 0 Å². The van der Waals surface area contributed by atoms with Gasteiger partial charge in [-0.3, -0.25) is 0 Å². The standard InChI is InChI=1S/C10H17N3OS/c1-15-10-6-9(11)13(12-10)7-4-2-3-5-8(7)14/h6-8,14H,2-5,11H2,1H3. The normalized spacial score (nSPS) is 26.8. The molecule has 2 unspecified atom stereocenters. The van der Waals surface area contributed by atoms with Crippen molar-refractivity contribution in [3.05, 3.63) is 6.07 Å². The fraction of sp³-hybridized carbons (Fsp3) is 0.700. The molecule has 0 aromatic carbocycles. The number of nitrogens with zero attached hydrogens (tertiary/aromatic N) is 2. The summed E-state index contributed by atoms with van der Waals surface area (Å²) in [5.74, 6) is 0.658. The summed E-state index contributed by atoms with van der Waals surface area (Å²) in [5, 5.41) is 15.2. The van der Waals surface area contributed by atoms with E-state index in [4.69, 9.17) is 5.73 Å². The van der Waals surface area contributed by atoms with Gasteiger partial charge in [-0.1, -0.05) is 12.8 Å². The van der Waals surface area contributed by atoms with Crippen LogP contribution in [-0.2, 0) is 0 Å². The molecule has 0 saturated heterocycles. The molecule has 1 aromatic heterocycles. The first kappa shape index (κ1) is 10.8. The average Bonchev–Trinajstić information content (AvgIpc) is 2.60. The molecule has 1 fully saturated rings. The number of anilines is 1. The van der Waals surface area contributed by atoms with Gasteiger partial charge in [0.05, 0.1) is 12.1 Å². The zero-order valence-corrected chi connectivity index (χ0v) is 9.70. The van der Waals surface area contributed by atoms with Crippen LogP contribution in [0.1, 0.15) is 31.7 Å². The van der Waals surface area contributed by atoms with Gasteiger partial charge in [0.2, 0.25) is 0 Å². The number of nitrogens with two attached hydrogens (primary N) is 1. The van der Waals surface area contributed by atoms with Crippen LogP contribution in [0.2, 0.25) is 0 Å². The second-order valence-electron chi connectivity index (χ2n) is 3.98. The predicted molar refractivity (Wildman–Crippen MR) is 61.9 cm³/mol. The maximum atomic E-state index is 9.91. The van der Waals surface area contributed by atoms with Gasteiger partial charge in [0.15, 0.2) is 0 Å². The van der Waals surface area contributed by atoms with Crippen molar-refractivity contribution in [2.45, 2.75) is 42.9 Å². The Kier molecular flexibility index (Phi) is 3.21. The molecule has 1 aliphatic rings. The lowest BCUT2D eigenvalue weighted by Crippen LogP contribution is -2.29. The fourth-order valence-corrected chi connectivity index (χ4v) is 2.54. The predicted octanol–water partition coefficient (Wildman–Crippen LogP) is 1.66. The van der Waals surface area contributed by atoms with E-state index in [1.807, 2.05) is 12.3 Å². The highest BCUT2D eigenvalue weighted by atomic mass is 32.2. The number of thioether (sulfide) groups is 1. The second kappa shape index (κ2) is 4.45. The average molecular weight is 227 g/mol. The summed E-state index contributed by atoms with van der Waals surface area (Å²) in [5.41, 5.74) is 5.89. The van der Waals surface area contributed by atoms with Crippen LogP contribution in [0, 0.1) is 0 Å². The van der Waals surface area contributed by atoms with Gasteiger partial charge >= 0.3 is 0 Å². The van der Waals surface area contributed by atoms with Gasteiger partial charge in [-0.15, -0.1) is 11.8 Å². The van der Waals surface area contributed by atoms with E-state index in [-0.39, 0.29) is 12.1 Å². The van der Waals surface area contributed by atoms with Crippen LogP contribution in [0.3, 0.4) is 0 Å². The lowest BCUT2D eigenvalue weighted by atomic mass is 9.93. The molecule has 4 nitrogen and oxygen atoms in total. The molecule has 2 rings (SSSR count). The first-order valence-corrected chi connectivity index (χ1v) is 6.52. The highest BCUT2D eigenvalue weighted by Gasteiger charge is 2.26. The molecule has 0 aliphatic heterocycles. The molecule has 1 saturated carbocycles. The molecule has 0 spiro atoms. The Hall–Kier alpha value is -0.680. The van der Waals surface area contributed by atoms with Gasteiger partial charge in [0, 0.05) is 6.07 Å². The molecule has 0 amide bonds. The highest BCUT2D eigenvalue weighted by Crippen LogP contribution is 2.31. The van der Waals surface area contributed by atoms with Crippen LogP contribution in [0.25, 0.3) is 0 Å². The lowest BCUT2D eigenvalue weighted by Gasteiger charge is -2.28. The highest BCUT2D eigenvalue weighted by molar-refractivity contribution is 7.98. The van der Waals surface area contributed by atoms with Crippen LogP contribution >= 0.6 is 11.8 Å². The van der Waals surface area contributed by atoms with Gasteiger partial charge in [-0.05, 0) is 19.1 Å². The third-order valence-electron chi connectivity index (χ3n) is 2.96. The van der Waals surface area contributed by atoms with Gasteiger partial charge in [-0.25, -0.2) is 4.68 Å². The summed E-state index contributed by atoms with van der Waals surface area (Å²) in [7, 11) is 0. The molecule has 1 aliphatic carbocycles. The first-order valence-electron chi connectivity index (χ1n) is 5.29. The van der Waals surface area contributed by atoms with Gasteiger partial charge in [-0.2, -0.15) is 5.10 Å². The van der Waals surface area contributed by atoms with E-state index in [9.17, 15) is 5.11 Å².